The summed E-state index contributed by atoms with van der Waals surface area (Å²) in [6, 6.07) is 32.3. The van der Waals surface area contributed by atoms with Gasteiger partial charge in [0.1, 0.15) is 11.6 Å². The molecule has 9 rings (SSSR count). The van der Waals surface area contributed by atoms with Crippen LogP contribution in [-0.4, -0.2) is 19.6 Å². The summed E-state index contributed by atoms with van der Waals surface area (Å²) < 4.78 is 116. The highest BCUT2D eigenvalue weighted by Gasteiger charge is 2.30. The zero-order chi connectivity index (χ0) is 61.2. The van der Waals surface area contributed by atoms with Gasteiger partial charge in [0.25, 0.3) is 0 Å². The van der Waals surface area contributed by atoms with Gasteiger partial charge in [-0.3, -0.25) is 9.55 Å². The highest BCUT2D eigenvalue weighted by molar-refractivity contribution is 5.98. The molecule has 0 aliphatic carbocycles. The van der Waals surface area contributed by atoms with Gasteiger partial charge in [-0.05, 0) is 139 Å². The average Bonchev–Trinajstić information content (AvgIpc) is 4.03. The lowest BCUT2D eigenvalue weighted by atomic mass is 9.79. The zero-order valence-corrected chi connectivity index (χ0v) is 42.3. The van der Waals surface area contributed by atoms with Gasteiger partial charge in [-0.25, -0.2) is 4.98 Å². The summed E-state index contributed by atoms with van der Waals surface area (Å²) in [6.07, 6.45) is -0.605. The van der Waals surface area contributed by atoms with Crippen LogP contribution in [0.1, 0.15) is 134 Å². The van der Waals surface area contributed by atoms with Crippen LogP contribution in [0.25, 0.3) is 83.9 Å². The summed E-state index contributed by atoms with van der Waals surface area (Å²) in [4.78, 5) is 10.1. The van der Waals surface area contributed by atoms with Crippen molar-refractivity contribution in [3.05, 3.63) is 191 Å². The van der Waals surface area contributed by atoms with E-state index in [0.29, 0.717) is 67.1 Å². The van der Waals surface area contributed by atoms with Gasteiger partial charge in [0.2, 0.25) is 0 Å². The van der Waals surface area contributed by atoms with Gasteiger partial charge >= 0.3 is 0 Å². The number of pyridine rings is 1. The number of hydrogen-bond acceptors (Lipinski definition) is 3. The van der Waals surface area contributed by atoms with E-state index in [1.807, 2.05) is 137 Å². The van der Waals surface area contributed by atoms with Gasteiger partial charge in [-0.15, -0.1) is 0 Å². The Kier molecular flexibility index (Phi) is 8.68. The lowest BCUT2D eigenvalue weighted by Gasteiger charge is -2.28. The molecule has 2 heterocycles. The molecule has 1 N–H and O–H groups in total. The first-order chi connectivity index (χ1) is 38.3. The van der Waals surface area contributed by atoms with Crippen molar-refractivity contribution >= 4 is 11.0 Å². The van der Waals surface area contributed by atoms with Crippen LogP contribution < -0.4 is 0 Å². The number of aryl methyl sites for hydroxylation is 1. The molecule has 0 fully saturated rings. The van der Waals surface area contributed by atoms with Crippen LogP contribution in [-0.2, 0) is 21.7 Å². The Bertz CT molecular complexity index is 4030. The second-order valence-electron chi connectivity index (χ2n) is 22.5. The van der Waals surface area contributed by atoms with E-state index in [9.17, 15) is 6.48 Å². The average molecular weight is 933 g/mol. The van der Waals surface area contributed by atoms with Crippen LogP contribution in [0, 0.1) is 13.7 Å². The van der Waals surface area contributed by atoms with Gasteiger partial charge < -0.3 is 5.11 Å². The number of fused-ring (bicyclic) bond motifs is 1. The minimum Gasteiger partial charge on any atom is -0.507 e. The van der Waals surface area contributed by atoms with Crippen LogP contribution >= 0.6 is 0 Å². The fraction of sp³-hybridized carbons (Fsp3) is 0.273. The minimum absolute atomic E-state index is 0.0304. The van der Waals surface area contributed by atoms with Crippen LogP contribution in [0.3, 0.4) is 0 Å². The molecule has 0 aliphatic heterocycles. The summed E-state index contributed by atoms with van der Waals surface area (Å²) in [6.45, 7) is 19.4. The summed E-state index contributed by atoms with van der Waals surface area (Å²) in [5, 5.41) is 12.9. The van der Waals surface area contributed by atoms with Crippen molar-refractivity contribution in [2.24, 2.45) is 0 Å². The summed E-state index contributed by atoms with van der Waals surface area (Å²) in [7, 11) is 0. The summed E-state index contributed by atoms with van der Waals surface area (Å²) in [5.41, 5.74) is 6.42. The largest absolute Gasteiger partial charge is 0.507 e. The van der Waals surface area contributed by atoms with Crippen molar-refractivity contribution in [2.75, 3.05) is 0 Å². The molecule has 0 amide bonds. The third-order valence-corrected chi connectivity index (χ3v) is 13.1. The Hall–Kier alpha value is -7.04. The first-order valence-electron chi connectivity index (χ1n) is 30.3. The van der Waals surface area contributed by atoms with Gasteiger partial charge in [-0.1, -0.05) is 192 Å². The molecule has 4 nitrogen and oxygen atoms in total. The summed E-state index contributed by atoms with van der Waals surface area (Å²) >= 11 is 0. The van der Waals surface area contributed by atoms with Crippen molar-refractivity contribution in [1.82, 2.24) is 14.5 Å². The van der Waals surface area contributed by atoms with Crippen LogP contribution in [0.4, 0.5) is 0 Å². The molecular formula is C66H69N3O. The van der Waals surface area contributed by atoms with Crippen molar-refractivity contribution in [3.8, 4) is 78.6 Å². The standard InChI is InChI=1S/C66H69N3O/c1-41-23-25-43(26-24-41)46-31-32-67-57(37-46)48-34-47(35-50(36-48)64(6,7)8)52-21-18-22-58-60(52)68-62(55-38-51(65(9,10)11)39-56(61(55)70)66(12,13)14)69(58)59-40-53(44-19-16-15-17-20-44)42(2)33-54(59)45-27-29-49(30-28-45)63(3,4)5/h15-40,70H,1-14H3/i1D3,2D3,23D,24D,25D,26D,31D,32D,37D. The number of phenols is 1. The molecule has 354 valence electrons. The number of rotatable bonds is 7. The van der Waals surface area contributed by atoms with E-state index in [2.05, 4.69) is 58.7 Å². The van der Waals surface area contributed by atoms with Gasteiger partial charge in [0, 0.05) is 36.7 Å². The second kappa shape index (κ2) is 17.7. The van der Waals surface area contributed by atoms with E-state index < -0.39 is 89.1 Å². The predicted molar refractivity (Wildman–Crippen MR) is 297 cm³/mol. The number of para-hydroxylation sites is 1. The topological polar surface area (TPSA) is 50.9 Å². The molecule has 0 saturated carbocycles. The molecule has 0 spiro atoms. The van der Waals surface area contributed by atoms with Crippen LogP contribution in [0.15, 0.2) is 158 Å². The Labute approximate surface area is 435 Å². The first kappa shape index (κ1) is 34.3. The van der Waals surface area contributed by atoms with Gasteiger partial charge in [-0.2, -0.15) is 0 Å². The van der Waals surface area contributed by atoms with Crippen molar-refractivity contribution in [3.63, 3.8) is 0 Å². The normalized spacial score (nSPS) is 15.5. The van der Waals surface area contributed by atoms with E-state index >= 15 is 0 Å². The van der Waals surface area contributed by atoms with E-state index in [0.717, 1.165) is 22.3 Å². The highest BCUT2D eigenvalue weighted by Crippen LogP contribution is 2.47. The quantitative estimate of drug-likeness (QED) is 0.173. The molecule has 0 unspecified atom stereocenters. The van der Waals surface area contributed by atoms with Crippen molar-refractivity contribution in [1.29, 1.82) is 0 Å². The summed E-state index contributed by atoms with van der Waals surface area (Å²) in [5.74, 6) is 0.402. The van der Waals surface area contributed by atoms with Gasteiger partial charge in [0.15, 0.2) is 0 Å². The van der Waals surface area contributed by atoms with E-state index in [1.54, 1.807) is 12.1 Å². The third-order valence-electron chi connectivity index (χ3n) is 13.1. The second-order valence-corrected chi connectivity index (χ2v) is 22.5. The van der Waals surface area contributed by atoms with E-state index in [-0.39, 0.29) is 22.4 Å². The number of nitrogens with zero attached hydrogens (tertiary/aromatic N) is 3. The lowest BCUT2D eigenvalue weighted by Crippen LogP contribution is -2.17. The number of aromatic nitrogens is 3. The monoisotopic (exact) mass is 933 g/mol. The molecule has 0 radical (unpaired) electrons. The van der Waals surface area contributed by atoms with Crippen molar-refractivity contribution in [2.45, 2.75) is 118 Å². The maximum atomic E-state index is 12.9. The Balaban J connectivity index is 1.43. The Morgan fingerprint density at radius 1 is 0.500 bits per heavy atom. The number of benzene rings is 7. The molecule has 0 atom stereocenters. The van der Waals surface area contributed by atoms with Gasteiger partial charge in [0.05, 0.1) is 37.6 Å². The number of aromatic hydroxyl groups is 1. The molecule has 70 heavy (non-hydrogen) atoms. The number of hydrogen-bond donors (Lipinski definition) is 1. The Morgan fingerprint density at radius 2 is 1.16 bits per heavy atom. The van der Waals surface area contributed by atoms with Crippen molar-refractivity contribution < 1.29 is 22.9 Å². The predicted octanol–water partition coefficient (Wildman–Crippen LogP) is 17.9. The maximum absolute atomic E-state index is 12.9. The fourth-order valence-corrected chi connectivity index (χ4v) is 8.95. The van der Waals surface area contributed by atoms with Crippen LogP contribution in [0.2, 0.25) is 0 Å². The zero-order valence-electron chi connectivity index (χ0n) is 55.3. The first-order valence-corrected chi connectivity index (χ1v) is 23.8. The molecule has 4 heteroatoms. The smallest absolute Gasteiger partial charge is 0.149 e. The number of imidazole rings is 1. The third kappa shape index (κ3) is 9.37. The van der Waals surface area contributed by atoms with E-state index in [1.165, 1.54) is 0 Å². The molecular weight excluding hydrogens is 851 g/mol. The number of phenolic OH excluding ortho intramolecular Hbond substituents is 1. The lowest BCUT2D eigenvalue weighted by molar-refractivity contribution is 0.446. The molecule has 9 aromatic rings. The highest BCUT2D eigenvalue weighted by atomic mass is 16.3. The Morgan fingerprint density at radius 3 is 1.80 bits per heavy atom. The molecule has 7 aromatic carbocycles. The van der Waals surface area contributed by atoms with E-state index in [4.69, 9.17) is 21.4 Å². The maximum Gasteiger partial charge on any atom is 0.149 e. The molecule has 0 bridgehead atoms. The molecule has 2 aromatic heterocycles. The SMILES string of the molecule is [2H]c1nc(-c2cc(-c3cccc4c3nc(-c3cc(C(C)(C)C)cc(C(C)(C)C)c3O)n4-c3cc(-c4ccccc4)c(C([2H])([2H])[2H])cc3-c3ccc(C(C)(C)C)cc3)cc(C(C)(C)C)c2)c([2H])c(-c2c([2H])c([2H])c(C([2H])([2H])[2H])c([2H])c2[2H])c1[2H]. The fourth-order valence-electron chi connectivity index (χ4n) is 8.95. The molecule has 0 saturated heterocycles. The minimum atomic E-state index is -3.00. The molecule has 0 aliphatic rings. The van der Waals surface area contributed by atoms with Crippen LogP contribution in [0.5, 0.6) is 5.75 Å².